The summed E-state index contributed by atoms with van der Waals surface area (Å²) >= 11 is 0. The van der Waals surface area contributed by atoms with Crippen molar-refractivity contribution < 1.29 is 9.13 Å². The van der Waals surface area contributed by atoms with Crippen molar-refractivity contribution in [2.45, 2.75) is 26.8 Å². The zero-order chi connectivity index (χ0) is 22.9. The molecule has 2 aromatic heterocycles. The number of anilines is 2. The topological polar surface area (TPSA) is 84.8 Å². The van der Waals surface area contributed by atoms with E-state index in [1.807, 2.05) is 19.1 Å². The summed E-state index contributed by atoms with van der Waals surface area (Å²) in [6.07, 6.45) is 1.00. The molecule has 33 heavy (non-hydrogen) atoms. The van der Waals surface area contributed by atoms with Crippen molar-refractivity contribution in [3.63, 3.8) is 0 Å². The number of nitrogen functional groups attached to an aromatic ring is 1. The second kappa shape index (κ2) is 8.82. The molecule has 2 N–H and O–H groups in total. The molecule has 1 aliphatic heterocycles. The van der Waals surface area contributed by atoms with Gasteiger partial charge in [-0.05, 0) is 55.3 Å². The molecule has 172 valence electrons. The lowest BCUT2D eigenvalue weighted by atomic mass is 10.1. The highest BCUT2D eigenvalue weighted by atomic mass is 19.1. The maximum absolute atomic E-state index is 14.0. The van der Waals surface area contributed by atoms with E-state index in [2.05, 4.69) is 43.9 Å². The fourth-order valence-corrected chi connectivity index (χ4v) is 4.31. The van der Waals surface area contributed by atoms with E-state index in [0.717, 1.165) is 50.5 Å². The van der Waals surface area contributed by atoms with Crippen LogP contribution < -0.4 is 15.4 Å². The summed E-state index contributed by atoms with van der Waals surface area (Å²) in [5, 5.41) is 5.18. The lowest BCUT2D eigenvalue weighted by Crippen LogP contribution is -2.46. The number of benzene rings is 2. The number of ether oxygens (including phenoxy) is 1. The zero-order valence-corrected chi connectivity index (χ0v) is 19.0. The Bertz CT molecular complexity index is 1280. The van der Waals surface area contributed by atoms with Gasteiger partial charge in [0.1, 0.15) is 11.6 Å². The van der Waals surface area contributed by atoms with Crippen molar-refractivity contribution in [1.29, 1.82) is 0 Å². The minimum Gasteiger partial charge on any atom is -0.494 e. The first kappa shape index (κ1) is 21.4. The fraction of sp³-hybridized carbons (Fsp3) is 0.375. The molecule has 0 unspecified atom stereocenters. The van der Waals surface area contributed by atoms with Gasteiger partial charge in [-0.3, -0.25) is 4.90 Å². The van der Waals surface area contributed by atoms with Crippen molar-refractivity contribution in [1.82, 2.24) is 24.5 Å². The third-order valence-corrected chi connectivity index (χ3v) is 6.01. The Balaban J connectivity index is 1.28. The first-order valence-electron chi connectivity index (χ1n) is 11.3. The highest BCUT2D eigenvalue weighted by molar-refractivity contribution is 5.94. The number of halogens is 1. The van der Waals surface area contributed by atoms with Crippen LogP contribution in [0, 0.1) is 12.7 Å². The molecule has 0 radical (unpaired) electrons. The number of rotatable bonds is 6. The number of aryl methyl sites for hydroxylation is 1. The van der Waals surface area contributed by atoms with E-state index >= 15 is 0 Å². The summed E-state index contributed by atoms with van der Waals surface area (Å²) in [6, 6.07) is 11.2. The Kier molecular flexibility index (Phi) is 5.72. The summed E-state index contributed by atoms with van der Waals surface area (Å²) < 4.78 is 21.2. The molecule has 0 aliphatic carbocycles. The predicted octanol–water partition coefficient (Wildman–Crippen LogP) is 3.42. The van der Waals surface area contributed by atoms with Crippen LogP contribution in [0.1, 0.15) is 24.7 Å². The lowest BCUT2D eigenvalue weighted by Gasteiger charge is -2.35. The minimum atomic E-state index is -0.320. The van der Waals surface area contributed by atoms with Gasteiger partial charge in [0.15, 0.2) is 11.5 Å². The molecule has 0 saturated carbocycles. The number of fused-ring (bicyclic) bond motifs is 3. The molecule has 0 amide bonds. The average molecular weight is 450 g/mol. The van der Waals surface area contributed by atoms with E-state index in [1.54, 1.807) is 0 Å². The number of hydrogen-bond donors (Lipinski definition) is 1. The molecular formula is C24H28FN7O. The zero-order valence-electron chi connectivity index (χ0n) is 19.0. The largest absolute Gasteiger partial charge is 0.494 e. The van der Waals surface area contributed by atoms with E-state index in [9.17, 15) is 4.39 Å². The maximum Gasteiger partial charge on any atom is 0.223 e. The number of aromatic nitrogens is 4. The lowest BCUT2D eigenvalue weighted by molar-refractivity contribution is 0.244. The monoisotopic (exact) mass is 449 g/mol. The van der Waals surface area contributed by atoms with Crippen molar-refractivity contribution in [2.75, 3.05) is 43.4 Å². The van der Waals surface area contributed by atoms with Crippen LogP contribution >= 0.6 is 0 Å². The first-order chi connectivity index (χ1) is 16.0. The van der Waals surface area contributed by atoms with Crippen molar-refractivity contribution in [3.05, 3.63) is 53.6 Å². The van der Waals surface area contributed by atoms with Crippen LogP contribution in [-0.4, -0.2) is 57.3 Å². The Morgan fingerprint density at radius 3 is 2.55 bits per heavy atom. The van der Waals surface area contributed by atoms with E-state index in [4.69, 9.17) is 10.5 Å². The molecular weight excluding hydrogens is 421 g/mol. The number of nitrogens with zero attached hydrogens (tertiary/aromatic N) is 6. The van der Waals surface area contributed by atoms with Crippen LogP contribution in [0.2, 0.25) is 0 Å². The summed E-state index contributed by atoms with van der Waals surface area (Å²) in [6.45, 7) is 8.88. The van der Waals surface area contributed by atoms with Gasteiger partial charge in [-0.2, -0.15) is 4.52 Å². The van der Waals surface area contributed by atoms with Gasteiger partial charge in [-0.1, -0.05) is 6.92 Å². The number of piperazine rings is 1. The second-order valence-corrected chi connectivity index (χ2v) is 8.46. The maximum atomic E-state index is 14.0. The molecule has 3 heterocycles. The SMILES string of the molecule is CCCOc1ccc(N2CCN(Cc3nc4c5cc(F)cc(C)c5nc(N)n4n3)CC2)cc1. The Morgan fingerprint density at radius 1 is 1.06 bits per heavy atom. The molecule has 4 aromatic rings. The molecule has 0 atom stereocenters. The van der Waals surface area contributed by atoms with Gasteiger partial charge in [-0.15, -0.1) is 5.10 Å². The molecule has 5 rings (SSSR count). The fourth-order valence-electron chi connectivity index (χ4n) is 4.31. The van der Waals surface area contributed by atoms with Crippen LogP contribution in [0.15, 0.2) is 36.4 Å². The van der Waals surface area contributed by atoms with E-state index in [1.165, 1.54) is 22.3 Å². The normalized spacial score (nSPS) is 14.9. The van der Waals surface area contributed by atoms with Crippen molar-refractivity contribution in [2.24, 2.45) is 0 Å². The summed E-state index contributed by atoms with van der Waals surface area (Å²) in [5.41, 5.74) is 9.24. The molecule has 9 heteroatoms. The average Bonchev–Trinajstić information content (AvgIpc) is 3.24. The summed E-state index contributed by atoms with van der Waals surface area (Å²) in [4.78, 5) is 13.8. The van der Waals surface area contributed by atoms with Gasteiger partial charge >= 0.3 is 0 Å². The Morgan fingerprint density at radius 2 is 1.82 bits per heavy atom. The smallest absolute Gasteiger partial charge is 0.223 e. The first-order valence-corrected chi connectivity index (χ1v) is 11.3. The molecule has 8 nitrogen and oxygen atoms in total. The molecule has 0 spiro atoms. The highest BCUT2D eigenvalue weighted by Crippen LogP contribution is 2.25. The molecule has 1 fully saturated rings. The predicted molar refractivity (Wildman–Crippen MR) is 127 cm³/mol. The third-order valence-electron chi connectivity index (χ3n) is 6.01. The van der Waals surface area contributed by atoms with Crippen LogP contribution in [0.5, 0.6) is 5.75 Å². The molecule has 1 aliphatic rings. The van der Waals surface area contributed by atoms with Gasteiger partial charge in [0, 0.05) is 37.3 Å². The Hall–Kier alpha value is -3.46. The molecule has 1 saturated heterocycles. The van der Waals surface area contributed by atoms with Gasteiger partial charge in [0.25, 0.3) is 0 Å². The number of hydrogen-bond acceptors (Lipinski definition) is 7. The minimum absolute atomic E-state index is 0.252. The van der Waals surface area contributed by atoms with Crippen LogP contribution in [0.4, 0.5) is 16.0 Å². The van der Waals surface area contributed by atoms with E-state index in [-0.39, 0.29) is 11.8 Å². The van der Waals surface area contributed by atoms with Gasteiger partial charge in [0.05, 0.1) is 18.7 Å². The Labute approximate surface area is 191 Å². The van der Waals surface area contributed by atoms with Crippen LogP contribution in [0.25, 0.3) is 16.6 Å². The quantitative estimate of drug-likeness (QED) is 0.483. The third kappa shape index (κ3) is 4.28. The van der Waals surface area contributed by atoms with Crippen molar-refractivity contribution in [3.8, 4) is 5.75 Å². The molecule has 2 aromatic carbocycles. The van der Waals surface area contributed by atoms with Crippen LogP contribution in [-0.2, 0) is 6.54 Å². The second-order valence-electron chi connectivity index (χ2n) is 8.46. The summed E-state index contributed by atoms with van der Waals surface area (Å²) in [5.74, 6) is 1.50. The van der Waals surface area contributed by atoms with Gasteiger partial charge in [0.2, 0.25) is 5.95 Å². The molecule has 0 bridgehead atoms. The van der Waals surface area contributed by atoms with Crippen LogP contribution in [0.3, 0.4) is 0 Å². The standard InChI is InChI=1S/C24H28FN7O/c1-3-12-33-19-6-4-18(5-7-19)31-10-8-30(9-11-31)15-21-27-23-20-14-17(25)13-16(2)22(20)28-24(26)32(23)29-21/h4-7,13-14H,3,8-12,15H2,1-2H3,(H2,26,28). The van der Waals surface area contributed by atoms with E-state index < -0.39 is 0 Å². The van der Waals surface area contributed by atoms with Gasteiger partial charge in [-0.25, -0.2) is 14.4 Å². The number of nitrogens with two attached hydrogens (primary N) is 1. The van der Waals surface area contributed by atoms with Crippen molar-refractivity contribution >= 4 is 28.2 Å². The highest BCUT2D eigenvalue weighted by Gasteiger charge is 2.20. The summed E-state index contributed by atoms with van der Waals surface area (Å²) in [7, 11) is 0. The van der Waals surface area contributed by atoms with E-state index in [0.29, 0.717) is 28.9 Å². The van der Waals surface area contributed by atoms with Gasteiger partial charge < -0.3 is 15.4 Å².